The van der Waals surface area contributed by atoms with Crippen molar-refractivity contribution in [3.63, 3.8) is 0 Å². The van der Waals surface area contributed by atoms with Gasteiger partial charge < -0.3 is 4.98 Å². The highest BCUT2D eigenvalue weighted by Gasteiger charge is 2.13. The van der Waals surface area contributed by atoms with Crippen LogP contribution in [0.15, 0.2) is 64.6 Å². The first-order valence-corrected chi connectivity index (χ1v) is 8.36. The van der Waals surface area contributed by atoms with Gasteiger partial charge in [-0.3, -0.25) is 5.73 Å². The summed E-state index contributed by atoms with van der Waals surface area (Å²) in [6, 6.07) is 15.2. The molecule has 0 aliphatic carbocycles. The van der Waals surface area contributed by atoms with Gasteiger partial charge in [-0.2, -0.15) is 0 Å². The zero-order valence-electron chi connectivity index (χ0n) is 12.3. The molecule has 0 saturated carbocycles. The van der Waals surface area contributed by atoms with Gasteiger partial charge >= 0.3 is 0 Å². The lowest BCUT2D eigenvalue weighted by Gasteiger charge is -2.04. The van der Waals surface area contributed by atoms with Crippen LogP contribution in [0.3, 0.4) is 0 Å². The van der Waals surface area contributed by atoms with E-state index in [1.165, 1.54) is 11.8 Å². The predicted octanol–water partition coefficient (Wildman–Crippen LogP) is 4.74. The van der Waals surface area contributed by atoms with E-state index in [1.54, 1.807) is 6.20 Å². The molecule has 1 radical (unpaired) electrons. The van der Waals surface area contributed by atoms with Gasteiger partial charge in [0.1, 0.15) is 5.03 Å². The molecular formula is C17H11ClN5S. The van der Waals surface area contributed by atoms with Crippen LogP contribution in [0.25, 0.3) is 22.6 Å². The summed E-state index contributed by atoms with van der Waals surface area (Å²) in [5.41, 5.74) is 10.2. The second-order valence-corrected chi connectivity index (χ2v) is 6.60. The first-order valence-electron chi connectivity index (χ1n) is 7.16. The lowest BCUT2D eigenvalue weighted by molar-refractivity contribution is 1.03. The summed E-state index contributed by atoms with van der Waals surface area (Å²) < 4.78 is 0. The van der Waals surface area contributed by atoms with Crippen molar-refractivity contribution in [1.82, 2.24) is 25.7 Å². The summed E-state index contributed by atoms with van der Waals surface area (Å²) in [4.78, 5) is 17.3. The number of para-hydroxylation sites is 2. The third-order valence-electron chi connectivity index (χ3n) is 3.38. The van der Waals surface area contributed by atoms with E-state index >= 15 is 0 Å². The minimum atomic E-state index is 0.0875. The number of nitrogens with one attached hydrogen (secondary N) is 2. The van der Waals surface area contributed by atoms with Crippen molar-refractivity contribution >= 4 is 40.2 Å². The molecule has 2 aromatic heterocycles. The Morgan fingerprint density at radius 1 is 1.04 bits per heavy atom. The van der Waals surface area contributed by atoms with Crippen molar-refractivity contribution < 1.29 is 0 Å². The smallest absolute Gasteiger partial charge is 0.174 e. The third kappa shape index (κ3) is 2.93. The topological polar surface area (TPSA) is 78.3 Å². The molecule has 0 bridgehead atoms. The highest BCUT2D eigenvalue weighted by Crippen LogP contribution is 2.31. The Kier molecular flexibility index (Phi) is 3.84. The molecule has 7 heteroatoms. The molecule has 4 rings (SSSR count). The fraction of sp³-hybridized carbons (Fsp3) is 0. The number of halogens is 1. The number of aromatic amines is 1. The number of benzene rings is 2. The van der Waals surface area contributed by atoms with Crippen molar-refractivity contribution in [1.29, 1.82) is 0 Å². The van der Waals surface area contributed by atoms with Crippen molar-refractivity contribution in [3.05, 3.63) is 59.8 Å². The van der Waals surface area contributed by atoms with Gasteiger partial charge in [0.2, 0.25) is 0 Å². The minimum absolute atomic E-state index is 0.0875. The summed E-state index contributed by atoms with van der Waals surface area (Å²) in [5.74, 6) is 0.631. The number of hydrogen-bond acceptors (Lipinski definition) is 4. The molecule has 0 unspecified atom stereocenters. The molecule has 0 fully saturated rings. The van der Waals surface area contributed by atoms with Gasteiger partial charge in [-0.15, -0.1) is 0 Å². The Morgan fingerprint density at radius 3 is 2.75 bits per heavy atom. The van der Waals surface area contributed by atoms with Crippen LogP contribution in [0, 0.1) is 0 Å². The zero-order chi connectivity index (χ0) is 16.5. The Balaban J connectivity index is 1.73. The fourth-order valence-electron chi connectivity index (χ4n) is 2.30. The van der Waals surface area contributed by atoms with Gasteiger partial charge in [-0.1, -0.05) is 41.6 Å². The summed E-state index contributed by atoms with van der Waals surface area (Å²) >= 11 is 7.46. The van der Waals surface area contributed by atoms with Crippen LogP contribution >= 0.6 is 23.4 Å². The number of rotatable bonds is 3. The van der Waals surface area contributed by atoms with Crippen molar-refractivity contribution in [2.75, 3.05) is 0 Å². The average Bonchev–Trinajstić information content (AvgIpc) is 3.00. The second kappa shape index (κ2) is 6.14. The van der Waals surface area contributed by atoms with E-state index < -0.39 is 0 Å². The number of fused-ring (bicyclic) bond motifs is 1. The molecule has 0 spiro atoms. The Morgan fingerprint density at radius 2 is 1.92 bits per heavy atom. The van der Waals surface area contributed by atoms with E-state index in [2.05, 4.69) is 19.9 Å². The number of imidazole rings is 1. The Bertz CT molecular complexity index is 997. The zero-order valence-corrected chi connectivity index (χ0v) is 13.9. The standard InChI is InChI=1S/C17H11ClN5S/c18-10-4-3-5-11(8-10)24-14-9-20-16(19)15(23-14)17-21-12-6-1-2-7-13(12)22-17/h1-9,19H,(H,21,22). The van der Waals surface area contributed by atoms with Gasteiger partial charge in [0.05, 0.1) is 17.2 Å². The van der Waals surface area contributed by atoms with E-state index in [9.17, 15) is 0 Å². The van der Waals surface area contributed by atoms with E-state index in [1.807, 2.05) is 48.5 Å². The van der Waals surface area contributed by atoms with Crippen LogP contribution in [0.2, 0.25) is 5.02 Å². The van der Waals surface area contributed by atoms with E-state index in [4.69, 9.17) is 17.3 Å². The monoisotopic (exact) mass is 352 g/mol. The summed E-state index contributed by atoms with van der Waals surface area (Å²) in [7, 11) is 0. The van der Waals surface area contributed by atoms with E-state index in [-0.39, 0.29) is 5.82 Å². The van der Waals surface area contributed by atoms with Crippen molar-refractivity contribution in [3.8, 4) is 11.5 Å². The van der Waals surface area contributed by atoms with E-state index in [0.29, 0.717) is 21.6 Å². The highest BCUT2D eigenvalue weighted by molar-refractivity contribution is 7.99. The van der Waals surface area contributed by atoms with Gasteiger partial charge in [0.15, 0.2) is 17.3 Å². The summed E-state index contributed by atoms with van der Waals surface area (Å²) in [6.07, 6.45) is 1.58. The number of H-pyrrole nitrogens is 1. The SMILES string of the molecule is [NH]c1ncc(Sc2cccc(Cl)c2)nc1-c1nc2ccccc2[nH]1. The van der Waals surface area contributed by atoms with Crippen molar-refractivity contribution in [2.45, 2.75) is 9.92 Å². The lowest BCUT2D eigenvalue weighted by atomic mass is 10.3. The van der Waals surface area contributed by atoms with Crippen LogP contribution in [-0.4, -0.2) is 19.9 Å². The largest absolute Gasteiger partial charge is 0.337 e. The molecule has 0 aliphatic heterocycles. The second-order valence-electron chi connectivity index (χ2n) is 5.07. The molecule has 2 N–H and O–H groups in total. The lowest BCUT2D eigenvalue weighted by Crippen LogP contribution is -1.93. The van der Waals surface area contributed by atoms with Gasteiger partial charge in [0.25, 0.3) is 0 Å². The van der Waals surface area contributed by atoms with E-state index in [0.717, 1.165) is 15.9 Å². The van der Waals surface area contributed by atoms with Crippen LogP contribution in [-0.2, 0) is 0 Å². The minimum Gasteiger partial charge on any atom is -0.337 e. The fourth-order valence-corrected chi connectivity index (χ4v) is 3.37. The highest BCUT2D eigenvalue weighted by atomic mass is 35.5. The number of hydrogen-bond donors (Lipinski definition) is 1. The van der Waals surface area contributed by atoms with Crippen LogP contribution in [0.1, 0.15) is 0 Å². The predicted molar refractivity (Wildman–Crippen MR) is 95.5 cm³/mol. The Labute approximate surface area is 147 Å². The van der Waals surface area contributed by atoms with Gasteiger partial charge in [-0.25, -0.2) is 15.0 Å². The molecule has 5 nitrogen and oxygen atoms in total. The Hall–Kier alpha value is -2.57. The maximum atomic E-state index is 8.03. The molecule has 24 heavy (non-hydrogen) atoms. The van der Waals surface area contributed by atoms with Gasteiger partial charge in [-0.05, 0) is 30.3 Å². The molecule has 0 amide bonds. The van der Waals surface area contributed by atoms with Gasteiger partial charge in [0, 0.05) is 9.92 Å². The maximum Gasteiger partial charge on any atom is 0.174 e. The number of nitrogens with zero attached hydrogens (tertiary/aromatic N) is 3. The molecule has 4 aromatic rings. The average molecular weight is 353 g/mol. The van der Waals surface area contributed by atoms with Crippen LogP contribution in [0.4, 0.5) is 5.82 Å². The first-order chi connectivity index (χ1) is 11.7. The van der Waals surface area contributed by atoms with Crippen LogP contribution < -0.4 is 5.73 Å². The molecule has 0 aliphatic rings. The normalized spacial score (nSPS) is 11.0. The molecule has 2 aromatic carbocycles. The quantitative estimate of drug-likeness (QED) is 0.577. The first kappa shape index (κ1) is 15.0. The molecular weight excluding hydrogens is 342 g/mol. The molecule has 0 saturated heterocycles. The third-order valence-corrected chi connectivity index (χ3v) is 4.51. The maximum absolute atomic E-state index is 8.03. The van der Waals surface area contributed by atoms with Crippen molar-refractivity contribution in [2.24, 2.45) is 0 Å². The molecule has 117 valence electrons. The van der Waals surface area contributed by atoms with Crippen LogP contribution in [0.5, 0.6) is 0 Å². The molecule has 2 heterocycles. The summed E-state index contributed by atoms with van der Waals surface area (Å²) in [5, 5.41) is 1.35. The summed E-state index contributed by atoms with van der Waals surface area (Å²) in [6.45, 7) is 0. The number of aromatic nitrogens is 4. The molecule has 0 atom stereocenters.